The molecular formula is C18H23N5O2. The highest BCUT2D eigenvalue weighted by atomic mass is 16.5. The van der Waals surface area contributed by atoms with E-state index in [9.17, 15) is 4.79 Å². The Labute approximate surface area is 147 Å². The summed E-state index contributed by atoms with van der Waals surface area (Å²) in [6.07, 6.45) is 6.75. The number of hydrogen-bond acceptors (Lipinski definition) is 5. The molecule has 7 nitrogen and oxygen atoms in total. The second-order valence-corrected chi connectivity index (χ2v) is 6.72. The number of likely N-dealkylation sites (N-methyl/N-ethyl adjacent to an activating group) is 1. The molecule has 1 fully saturated rings. The Bertz CT molecular complexity index is 737. The van der Waals surface area contributed by atoms with Crippen molar-refractivity contribution >= 4 is 5.91 Å². The lowest BCUT2D eigenvalue weighted by Gasteiger charge is -2.45. The van der Waals surface area contributed by atoms with Crippen LogP contribution in [0.2, 0.25) is 0 Å². The summed E-state index contributed by atoms with van der Waals surface area (Å²) in [6, 6.07) is 6.00. The minimum absolute atomic E-state index is 0.0744. The van der Waals surface area contributed by atoms with E-state index in [1.54, 1.807) is 13.2 Å². The molecule has 1 spiro atoms. The fraction of sp³-hybridized carbons (Fsp3) is 0.500. The zero-order valence-corrected chi connectivity index (χ0v) is 14.4. The van der Waals surface area contributed by atoms with Crippen molar-refractivity contribution in [1.29, 1.82) is 0 Å². The SMILES string of the molecule is CNC(=O)[C@@H]1Cn2ccnc2C2(CCN(Cc3ccccn3)CC2)O1. The maximum atomic E-state index is 12.1. The molecule has 2 aromatic heterocycles. The number of carbonyl (C=O) groups is 1. The van der Waals surface area contributed by atoms with Gasteiger partial charge in [-0.1, -0.05) is 6.07 Å². The van der Waals surface area contributed by atoms with Gasteiger partial charge in [0, 0.05) is 45.3 Å². The Morgan fingerprint density at radius 2 is 2.16 bits per heavy atom. The van der Waals surface area contributed by atoms with Gasteiger partial charge in [-0.15, -0.1) is 0 Å². The molecule has 4 heterocycles. The molecule has 2 aromatic rings. The summed E-state index contributed by atoms with van der Waals surface area (Å²) in [5, 5.41) is 2.70. The lowest BCUT2D eigenvalue weighted by molar-refractivity contribution is -0.173. The number of ether oxygens (including phenoxy) is 1. The van der Waals surface area contributed by atoms with Crippen LogP contribution in [0.15, 0.2) is 36.8 Å². The standard InChI is InChI=1S/C18H23N5O2/c1-19-16(24)15-13-23-11-8-21-17(23)18(25-15)5-9-22(10-6-18)12-14-4-2-3-7-20-14/h2-4,7-8,11,15H,5-6,9-10,12-13H2,1H3,(H,19,24)/t15-/m0/s1. The van der Waals surface area contributed by atoms with Crippen LogP contribution in [0.4, 0.5) is 0 Å². The molecule has 7 heteroatoms. The number of aromatic nitrogens is 3. The summed E-state index contributed by atoms with van der Waals surface area (Å²) in [5.74, 6) is 0.875. The summed E-state index contributed by atoms with van der Waals surface area (Å²) in [5.41, 5.74) is 0.604. The average molecular weight is 341 g/mol. The molecule has 25 heavy (non-hydrogen) atoms. The Morgan fingerprint density at radius 1 is 1.32 bits per heavy atom. The number of hydrogen-bond donors (Lipinski definition) is 1. The van der Waals surface area contributed by atoms with Gasteiger partial charge in [0.1, 0.15) is 11.4 Å². The smallest absolute Gasteiger partial charge is 0.250 e. The first kappa shape index (κ1) is 16.2. The molecule has 0 aromatic carbocycles. The molecule has 132 valence electrons. The van der Waals surface area contributed by atoms with E-state index in [-0.39, 0.29) is 5.91 Å². The van der Waals surface area contributed by atoms with E-state index >= 15 is 0 Å². The molecule has 0 radical (unpaired) electrons. The number of likely N-dealkylation sites (tertiary alicyclic amines) is 1. The van der Waals surface area contributed by atoms with E-state index in [0.717, 1.165) is 44.0 Å². The normalized spacial score (nSPS) is 22.5. The van der Waals surface area contributed by atoms with Crippen molar-refractivity contribution < 1.29 is 9.53 Å². The topological polar surface area (TPSA) is 72.3 Å². The third-order valence-corrected chi connectivity index (χ3v) is 5.17. The van der Waals surface area contributed by atoms with E-state index in [1.807, 2.05) is 24.5 Å². The van der Waals surface area contributed by atoms with Crippen LogP contribution >= 0.6 is 0 Å². The van der Waals surface area contributed by atoms with Gasteiger partial charge in [0.05, 0.1) is 12.2 Å². The number of nitrogens with zero attached hydrogens (tertiary/aromatic N) is 4. The third-order valence-electron chi connectivity index (χ3n) is 5.17. The highest BCUT2D eigenvalue weighted by molar-refractivity contribution is 5.80. The molecule has 2 aliphatic rings. The van der Waals surface area contributed by atoms with Crippen LogP contribution in [-0.4, -0.2) is 51.6 Å². The van der Waals surface area contributed by atoms with Gasteiger partial charge in [-0.2, -0.15) is 0 Å². The van der Waals surface area contributed by atoms with Crippen molar-refractivity contribution in [3.63, 3.8) is 0 Å². The quantitative estimate of drug-likeness (QED) is 0.899. The lowest BCUT2D eigenvalue weighted by Crippen LogP contribution is -2.53. The first-order valence-electron chi connectivity index (χ1n) is 8.73. The molecule has 4 rings (SSSR count). The minimum Gasteiger partial charge on any atom is -0.357 e. The first-order valence-corrected chi connectivity index (χ1v) is 8.73. The zero-order valence-electron chi connectivity index (χ0n) is 14.4. The molecule has 0 bridgehead atoms. The predicted octanol–water partition coefficient (Wildman–Crippen LogP) is 0.914. The molecular weight excluding hydrogens is 318 g/mol. The monoisotopic (exact) mass is 341 g/mol. The van der Waals surface area contributed by atoms with Crippen molar-refractivity contribution in [1.82, 2.24) is 24.8 Å². The predicted molar refractivity (Wildman–Crippen MR) is 91.6 cm³/mol. The zero-order chi connectivity index (χ0) is 17.3. The summed E-state index contributed by atoms with van der Waals surface area (Å²) in [7, 11) is 1.65. The molecule has 0 unspecified atom stereocenters. The number of piperidine rings is 1. The number of fused-ring (bicyclic) bond motifs is 2. The van der Waals surface area contributed by atoms with Crippen molar-refractivity contribution in [2.75, 3.05) is 20.1 Å². The number of amides is 1. The summed E-state index contributed by atoms with van der Waals surface area (Å²) in [6.45, 7) is 3.15. The minimum atomic E-state index is -0.473. The number of imidazole rings is 1. The molecule has 1 amide bonds. The van der Waals surface area contributed by atoms with E-state index < -0.39 is 11.7 Å². The Hall–Kier alpha value is -2.25. The number of rotatable bonds is 3. The summed E-state index contributed by atoms with van der Waals surface area (Å²) < 4.78 is 8.38. The second-order valence-electron chi connectivity index (χ2n) is 6.72. The Kier molecular flexibility index (Phi) is 4.27. The largest absolute Gasteiger partial charge is 0.357 e. The van der Waals surface area contributed by atoms with Gasteiger partial charge in [-0.25, -0.2) is 4.98 Å². The van der Waals surface area contributed by atoms with Gasteiger partial charge < -0.3 is 14.6 Å². The Morgan fingerprint density at radius 3 is 2.88 bits per heavy atom. The fourth-order valence-corrected chi connectivity index (χ4v) is 3.83. The van der Waals surface area contributed by atoms with Crippen LogP contribution < -0.4 is 5.32 Å². The van der Waals surface area contributed by atoms with Gasteiger partial charge >= 0.3 is 0 Å². The molecule has 0 aliphatic carbocycles. The molecule has 0 saturated carbocycles. The highest BCUT2D eigenvalue weighted by Gasteiger charge is 2.46. The van der Waals surface area contributed by atoms with Crippen molar-refractivity contribution in [2.24, 2.45) is 0 Å². The number of pyridine rings is 1. The van der Waals surface area contributed by atoms with Crippen molar-refractivity contribution in [2.45, 2.75) is 37.6 Å². The van der Waals surface area contributed by atoms with Crippen LogP contribution in [-0.2, 0) is 28.2 Å². The van der Waals surface area contributed by atoms with Gasteiger partial charge in [-0.05, 0) is 25.0 Å². The lowest BCUT2D eigenvalue weighted by atomic mass is 9.88. The Balaban J connectivity index is 1.50. The second kappa shape index (κ2) is 6.57. The van der Waals surface area contributed by atoms with Crippen LogP contribution in [0.3, 0.4) is 0 Å². The van der Waals surface area contributed by atoms with E-state index in [0.29, 0.717) is 6.54 Å². The average Bonchev–Trinajstić information content (AvgIpc) is 3.13. The van der Waals surface area contributed by atoms with Crippen molar-refractivity contribution in [3.8, 4) is 0 Å². The van der Waals surface area contributed by atoms with Crippen LogP contribution in [0.1, 0.15) is 24.4 Å². The van der Waals surface area contributed by atoms with E-state index in [2.05, 4.69) is 30.8 Å². The fourth-order valence-electron chi connectivity index (χ4n) is 3.83. The molecule has 1 N–H and O–H groups in total. The first-order chi connectivity index (χ1) is 12.2. The van der Waals surface area contributed by atoms with E-state index in [1.165, 1.54) is 0 Å². The summed E-state index contributed by atoms with van der Waals surface area (Å²) in [4.78, 5) is 23.5. The maximum absolute atomic E-state index is 12.1. The van der Waals surface area contributed by atoms with Crippen LogP contribution in [0, 0.1) is 0 Å². The maximum Gasteiger partial charge on any atom is 0.250 e. The molecule has 1 atom stereocenters. The van der Waals surface area contributed by atoms with Crippen LogP contribution in [0.25, 0.3) is 0 Å². The number of nitrogens with one attached hydrogen (secondary N) is 1. The van der Waals surface area contributed by atoms with E-state index in [4.69, 9.17) is 4.74 Å². The summed E-state index contributed by atoms with van der Waals surface area (Å²) >= 11 is 0. The third kappa shape index (κ3) is 3.05. The van der Waals surface area contributed by atoms with Gasteiger partial charge in [0.15, 0.2) is 6.10 Å². The van der Waals surface area contributed by atoms with Gasteiger partial charge in [0.25, 0.3) is 5.91 Å². The highest BCUT2D eigenvalue weighted by Crippen LogP contribution is 2.40. The van der Waals surface area contributed by atoms with Gasteiger partial charge in [0.2, 0.25) is 0 Å². The number of carbonyl (C=O) groups excluding carboxylic acids is 1. The van der Waals surface area contributed by atoms with Crippen molar-refractivity contribution in [3.05, 3.63) is 48.3 Å². The molecule has 1 saturated heterocycles. The van der Waals surface area contributed by atoms with Gasteiger partial charge in [-0.3, -0.25) is 14.7 Å². The van der Waals surface area contributed by atoms with Crippen LogP contribution in [0.5, 0.6) is 0 Å². The molecule has 2 aliphatic heterocycles.